The number of ether oxygens (including phenoxy) is 1. The van der Waals surface area contributed by atoms with Crippen molar-refractivity contribution in [3.05, 3.63) is 100 Å². The Labute approximate surface area is 170 Å². The molecule has 0 aliphatic rings. The maximum absolute atomic E-state index is 12.2. The van der Waals surface area contributed by atoms with Gasteiger partial charge in [-0.25, -0.2) is 0 Å². The van der Waals surface area contributed by atoms with Gasteiger partial charge >= 0.3 is 0 Å². The first-order chi connectivity index (χ1) is 13.5. The number of carbonyl (C=O) groups is 1. The molecular weight excluding hydrogens is 370 g/mol. The van der Waals surface area contributed by atoms with Crippen LogP contribution in [0.1, 0.15) is 22.3 Å². The maximum Gasteiger partial charge on any atom is 0.248 e. The average Bonchev–Trinajstić information content (AvgIpc) is 2.69. The smallest absolute Gasteiger partial charge is 0.248 e. The van der Waals surface area contributed by atoms with E-state index < -0.39 is 0 Å². The summed E-state index contributed by atoms with van der Waals surface area (Å²) in [6, 6.07) is 21.4. The first kappa shape index (κ1) is 19.7. The molecule has 0 saturated carbocycles. The van der Waals surface area contributed by atoms with E-state index in [1.54, 1.807) is 6.08 Å². The van der Waals surface area contributed by atoms with Crippen LogP contribution in [0.3, 0.4) is 0 Å². The van der Waals surface area contributed by atoms with Gasteiger partial charge in [-0.05, 0) is 60.4 Å². The highest BCUT2D eigenvalue weighted by molar-refractivity contribution is 6.34. The molecule has 28 heavy (non-hydrogen) atoms. The molecule has 0 saturated heterocycles. The van der Waals surface area contributed by atoms with Crippen molar-refractivity contribution in [2.75, 3.05) is 5.32 Å². The average molecular weight is 392 g/mol. The molecule has 4 heteroatoms. The number of halogens is 1. The first-order valence-electron chi connectivity index (χ1n) is 9.04. The molecule has 0 atom stereocenters. The Bertz CT molecular complexity index is 956. The third kappa shape index (κ3) is 5.48. The lowest BCUT2D eigenvalue weighted by molar-refractivity contribution is -0.111. The summed E-state index contributed by atoms with van der Waals surface area (Å²) in [5.41, 5.74) is 4.67. The van der Waals surface area contributed by atoms with Gasteiger partial charge in [0.25, 0.3) is 0 Å². The van der Waals surface area contributed by atoms with Crippen molar-refractivity contribution in [1.29, 1.82) is 0 Å². The summed E-state index contributed by atoms with van der Waals surface area (Å²) in [4.78, 5) is 12.2. The van der Waals surface area contributed by atoms with Crippen LogP contribution in [0, 0.1) is 13.8 Å². The highest BCUT2D eigenvalue weighted by Gasteiger charge is 2.07. The van der Waals surface area contributed by atoms with Gasteiger partial charge < -0.3 is 10.1 Å². The van der Waals surface area contributed by atoms with E-state index in [0.29, 0.717) is 17.3 Å². The second-order valence-corrected chi connectivity index (χ2v) is 7.01. The van der Waals surface area contributed by atoms with Crippen LogP contribution < -0.4 is 10.1 Å². The normalized spacial score (nSPS) is 10.8. The van der Waals surface area contributed by atoms with Crippen LogP contribution in [0.2, 0.25) is 5.02 Å². The minimum Gasteiger partial charge on any atom is -0.489 e. The van der Waals surface area contributed by atoms with Gasteiger partial charge in [0.15, 0.2) is 0 Å². The molecule has 1 N–H and O–H groups in total. The van der Waals surface area contributed by atoms with Crippen LogP contribution in [-0.4, -0.2) is 5.91 Å². The predicted octanol–water partition coefficient (Wildman–Crippen LogP) is 6.19. The van der Waals surface area contributed by atoms with Gasteiger partial charge in [0, 0.05) is 6.08 Å². The van der Waals surface area contributed by atoms with Crippen LogP contribution in [0.15, 0.2) is 72.8 Å². The molecule has 3 aromatic rings. The van der Waals surface area contributed by atoms with Crippen molar-refractivity contribution in [3.63, 3.8) is 0 Å². The topological polar surface area (TPSA) is 38.3 Å². The SMILES string of the molecule is Cc1cc(C)c(NC(=O)C=Cc2ccc(OCc3ccccc3)cc2)c(Cl)c1. The minimum absolute atomic E-state index is 0.224. The van der Waals surface area contributed by atoms with E-state index in [-0.39, 0.29) is 5.91 Å². The molecule has 0 spiro atoms. The van der Waals surface area contributed by atoms with Crippen molar-refractivity contribution in [1.82, 2.24) is 0 Å². The van der Waals surface area contributed by atoms with Crippen LogP contribution in [-0.2, 0) is 11.4 Å². The first-order valence-corrected chi connectivity index (χ1v) is 9.41. The zero-order chi connectivity index (χ0) is 19.9. The van der Waals surface area contributed by atoms with E-state index in [9.17, 15) is 4.79 Å². The van der Waals surface area contributed by atoms with Gasteiger partial charge in [0.2, 0.25) is 5.91 Å². The van der Waals surface area contributed by atoms with Crippen molar-refractivity contribution in [2.24, 2.45) is 0 Å². The standard InChI is InChI=1S/C24H22ClNO2/c1-17-14-18(2)24(22(25)15-17)26-23(27)13-10-19-8-11-21(12-9-19)28-16-20-6-4-3-5-7-20/h3-15H,16H2,1-2H3,(H,26,27). The Morgan fingerprint density at radius 3 is 2.43 bits per heavy atom. The Kier molecular flexibility index (Phi) is 6.51. The molecule has 0 aliphatic carbocycles. The van der Waals surface area contributed by atoms with Crippen molar-refractivity contribution in [2.45, 2.75) is 20.5 Å². The van der Waals surface area contributed by atoms with Gasteiger partial charge in [-0.2, -0.15) is 0 Å². The van der Waals surface area contributed by atoms with Crippen molar-refractivity contribution in [3.8, 4) is 5.75 Å². The van der Waals surface area contributed by atoms with E-state index in [0.717, 1.165) is 28.0 Å². The molecule has 3 rings (SSSR count). The zero-order valence-electron chi connectivity index (χ0n) is 15.9. The van der Waals surface area contributed by atoms with Crippen molar-refractivity contribution < 1.29 is 9.53 Å². The number of aryl methyl sites for hydroxylation is 2. The quantitative estimate of drug-likeness (QED) is 0.509. The third-order valence-corrected chi connectivity index (χ3v) is 4.53. The largest absolute Gasteiger partial charge is 0.489 e. The number of hydrogen-bond donors (Lipinski definition) is 1. The number of rotatable bonds is 6. The molecule has 0 unspecified atom stereocenters. The Balaban J connectivity index is 1.57. The summed E-state index contributed by atoms with van der Waals surface area (Å²) in [5, 5.41) is 3.38. The van der Waals surface area contributed by atoms with Gasteiger partial charge in [-0.1, -0.05) is 60.1 Å². The second-order valence-electron chi connectivity index (χ2n) is 6.60. The Morgan fingerprint density at radius 2 is 1.75 bits per heavy atom. The van der Waals surface area contributed by atoms with E-state index in [1.165, 1.54) is 6.08 Å². The highest BCUT2D eigenvalue weighted by atomic mass is 35.5. The third-order valence-electron chi connectivity index (χ3n) is 4.24. The lowest BCUT2D eigenvalue weighted by Crippen LogP contribution is -2.09. The van der Waals surface area contributed by atoms with E-state index >= 15 is 0 Å². The molecule has 1 amide bonds. The number of hydrogen-bond acceptors (Lipinski definition) is 2. The van der Waals surface area contributed by atoms with Gasteiger partial charge in [-0.3, -0.25) is 4.79 Å². The van der Waals surface area contributed by atoms with E-state index in [4.69, 9.17) is 16.3 Å². The molecule has 142 valence electrons. The van der Waals surface area contributed by atoms with E-state index in [1.807, 2.05) is 80.6 Å². The molecule has 0 heterocycles. The molecule has 3 aromatic carbocycles. The van der Waals surface area contributed by atoms with Crippen LogP contribution in [0.25, 0.3) is 6.08 Å². The minimum atomic E-state index is -0.224. The number of anilines is 1. The summed E-state index contributed by atoms with van der Waals surface area (Å²) in [7, 11) is 0. The lowest BCUT2D eigenvalue weighted by atomic mass is 10.1. The number of amides is 1. The summed E-state index contributed by atoms with van der Waals surface area (Å²) in [6.45, 7) is 4.42. The Hall–Kier alpha value is -3.04. The Morgan fingerprint density at radius 1 is 1.04 bits per heavy atom. The number of benzene rings is 3. The van der Waals surface area contributed by atoms with Gasteiger partial charge in [0.1, 0.15) is 12.4 Å². The fourth-order valence-electron chi connectivity index (χ4n) is 2.83. The molecular formula is C24H22ClNO2. The molecule has 0 bridgehead atoms. The highest BCUT2D eigenvalue weighted by Crippen LogP contribution is 2.27. The fraction of sp³-hybridized carbons (Fsp3) is 0.125. The monoisotopic (exact) mass is 391 g/mol. The van der Waals surface area contributed by atoms with Gasteiger partial charge in [0.05, 0.1) is 10.7 Å². The fourth-order valence-corrected chi connectivity index (χ4v) is 3.20. The van der Waals surface area contributed by atoms with E-state index in [2.05, 4.69) is 5.32 Å². The number of carbonyl (C=O) groups excluding carboxylic acids is 1. The van der Waals surface area contributed by atoms with Crippen LogP contribution in [0.5, 0.6) is 5.75 Å². The molecule has 0 radical (unpaired) electrons. The second kappa shape index (κ2) is 9.25. The number of nitrogens with one attached hydrogen (secondary N) is 1. The predicted molar refractivity (Wildman–Crippen MR) is 116 cm³/mol. The van der Waals surface area contributed by atoms with Gasteiger partial charge in [-0.15, -0.1) is 0 Å². The molecule has 0 aromatic heterocycles. The molecule has 0 aliphatic heterocycles. The lowest BCUT2D eigenvalue weighted by Gasteiger charge is -2.10. The summed E-state index contributed by atoms with van der Waals surface area (Å²) in [6.07, 6.45) is 3.25. The molecule has 0 fully saturated rings. The molecule has 3 nitrogen and oxygen atoms in total. The van der Waals surface area contributed by atoms with Crippen LogP contribution in [0.4, 0.5) is 5.69 Å². The summed E-state index contributed by atoms with van der Waals surface area (Å²) in [5.74, 6) is 0.561. The zero-order valence-corrected chi connectivity index (χ0v) is 16.7. The maximum atomic E-state index is 12.2. The van der Waals surface area contributed by atoms with Crippen molar-refractivity contribution >= 4 is 29.3 Å². The van der Waals surface area contributed by atoms with Crippen LogP contribution >= 0.6 is 11.6 Å². The summed E-state index contributed by atoms with van der Waals surface area (Å²) < 4.78 is 5.77. The summed E-state index contributed by atoms with van der Waals surface area (Å²) >= 11 is 6.23.